The quantitative estimate of drug-likeness (QED) is 0.465. The zero-order valence-corrected chi connectivity index (χ0v) is 23.5. The van der Waals surface area contributed by atoms with Crippen LogP contribution < -0.4 is 5.73 Å². The van der Waals surface area contributed by atoms with Crippen LogP contribution in [0.2, 0.25) is 0 Å². The minimum atomic E-state index is -0.664. The van der Waals surface area contributed by atoms with Crippen LogP contribution in [-0.4, -0.2) is 84.2 Å². The first-order valence-electron chi connectivity index (χ1n) is 12.0. The fourth-order valence-electron chi connectivity index (χ4n) is 4.06. The second-order valence-corrected chi connectivity index (χ2v) is 11.8. The summed E-state index contributed by atoms with van der Waals surface area (Å²) in [5, 5.41) is 11.2. The lowest BCUT2D eigenvalue weighted by atomic mass is 10.0. The molecule has 1 saturated heterocycles. The minimum Gasteiger partial charge on any atom is -0.444 e. The van der Waals surface area contributed by atoms with Gasteiger partial charge in [0.25, 0.3) is 0 Å². The number of aromatic amines is 1. The summed E-state index contributed by atoms with van der Waals surface area (Å²) in [7, 11) is 0. The number of ether oxygens (including phenoxy) is 2. The third kappa shape index (κ3) is 5.97. The van der Waals surface area contributed by atoms with Gasteiger partial charge in [0.1, 0.15) is 17.0 Å². The molecule has 3 N–H and O–H groups in total. The molecule has 4 heterocycles. The molecule has 2 amide bonds. The van der Waals surface area contributed by atoms with E-state index in [0.29, 0.717) is 21.6 Å². The van der Waals surface area contributed by atoms with Gasteiger partial charge in [-0.1, -0.05) is 0 Å². The molecule has 200 valence electrons. The molecule has 12 nitrogen and oxygen atoms in total. The molecule has 0 bridgehead atoms. The lowest BCUT2D eigenvalue weighted by molar-refractivity contribution is 0.0200. The third-order valence-corrected chi connectivity index (χ3v) is 6.48. The Bertz CT molecular complexity index is 1250. The molecule has 1 aliphatic rings. The van der Waals surface area contributed by atoms with Crippen molar-refractivity contribution in [2.75, 3.05) is 31.9 Å². The van der Waals surface area contributed by atoms with Crippen LogP contribution in [0.25, 0.3) is 16.8 Å². The molecule has 37 heavy (non-hydrogen) atoms. The number of anilines is 1. The average molecular weight is 577 g/mol. The van der Waals surface area contributed by atoms with Crippen molar-refractivity contribution < 1.29 is 19.1 Å². The van der Waals surface area contributed by atoms with Gasteiger partial charge in [-0.05, 0) is 57.5 Å². The maximum absolute atomic E-state index is 13.1. The molecule has 0 radical (unpaired) electrons. The second kappa shape index (κ2) is 9.84. The normalized spacial score (nSPS) is 15.6. The molecule has 3 aromatic heterocycles. The zero-order chi connectivity index (χ0) is 27.1. The number of fused-ring (bicyclic) bond motifs is 1. The molecule has 0 saturated carbocycles. The largest absolute Gasteiger partial charge is 0.444 e. The highest BCUT2D eigenvalue weighted by atomic mass is 79.9. The number of nitrogens with one attached hydrogen (secondary N) is 1. The Hall–Kier alpha value is -3.35. The summed E-state index contributed by atoms with van der Waals surface area (Å²) < 4.78 is 13.4. The average Bonchev–Trinajstić information content (AvgIpc) is 3.38. The number of nitrogens with two attached hydrogens (primary N) is 1. The SMILES string of the molecule is CC(C)(C)OC(=O)N1CCN(C(=O)OC(C)(C)C)CC(c2nc3c(-c4cn[nH]c4)cnn3c(N)c2Br)C1. The van der Waals surface area contributed by atoms with Crippen molar-refractivity contribution in [1.82, 2.24) is 34.6 Å². The fourth-order valence-corrected chi connectivity index (χ4v) is 4.64. The van der Waals surface area contributed by atoms with Gasteiger partial charge in [-0.2, -0.15) is 14.7 Å². The number of rotatable bonds is 2. The van der Waals surface area contributed by atoms with E-state index in [0.717, 1.165) is 11.1 Å². The number of aromatic nitrogens is 5. The fraction of sp³-hybridized carbons (Fsp3) is 0.542. The number of halogens is 1. The summed E-state index contributed by atoms with van der Waals surface area (Å²) in [6.45, 7) is 12.0. The van der Waals surface area contributed by atoms with Gasteiger partial charge in [-0.3, -0.25) is 5.10 Å². The lowest BCUT2D eigenvalue weighted by Crippen LogP contribution is -2.41. The zero-order valence-electron chi connectivity index (χ0n) is 21.9. The molecular weight excluding hydrogens is 544 g/mol. The molecule has 0 atom stereocenters. The van der Waals surface area contributed by atoms with Crippen LogP contribution in [0.3, 0.4) is 0 Å². The van der Waals surface area contributed by atoms with Gasteiger partial charge >= 0.3 is 12.2 Å². The summed E-state index contributed by atoms with van der Waals surface area (Å²) in [4.78, 5) is 34.3. The van der Waals surface area contributed by atoms with E-state index < -0.39 is 29.3 Å². The van der Waals surface area contributed by atoms with Crippen molar-refractivity contribution in [2.24, 2.45) is 0 Å². The molecule has 0 spiro atoms. The first-order chi connectivity index (χ1) is 17.2. The number of carbonyl (C=O) groups is 2. The molecule has 13 heteroatoms. The Morgan fingerprint density at radius 3 is 2.08 bits per heavy atom. The molecule has 0 unspecified atom stereocenters. The van der Waals surface area contributed by atoms with E-state index in [-0.39, 0.29) is 26.2 Å². The van der Waals surface area contributed by atoms with Crippen LogP contribution in [0.5, 0.6) is 0 Å². The second-order valence-electron chi connectivity index (χ2n) is 11.0. The molecule has 4 rings (SSSR count). The predicted octanol–water partition coefficient (Wildman–Crippen LogP) is 4.04. The molecule has 0 aromatic carbocycles. The lowest BCUT2D eigenvalue weighted by Gasteiger charge is -2.28. The Labute approximate surface area is 223 Å². The number of hydrogen-bond donors (Lipinski definition) is 2. The van der Waals surface area contributed by atoms with E-state index >= 15 is 0 Å². The van der Waals surface area contributed by atoms with Crippen molar-refractivity contribution in [3.8, 4) is 11.1 Å². The molecule has 0 aliphatic carbocycles. The summed E-state index contributed by atoms with van der Waals surface area (Å²) in [5.41, 5.74) is 7.83. The minimum absolute atomic E-state index is 0.268. The van der Waals surface area contributed by atoms with E-state index in [1.165, 1.54) is 0 Å². The van der Waals surface area contributed by atoms with Gasteiger partial charge in [-0.15, -0.1) is 0 Å². The number of amides is 2. The molecular formula is C24H33BrN8O4. The van der Waals surface area contributed by atoms with Gasteiger partial charge in [0.15, 0.2) is 5.65 Å². The Kier molecular flexibility index (Phi) is 7.10. The van der Waals surface area contributed by atoms with Crippen LogP contribution in [0, 0.1) is 0 Å². The van der Waals surface area contributed by atoms with Gasteiger partial charge in [0.2, 0.25) is 0 Å². The monoisotopic (exact) mass is 576 g/mol. The van der Waals surface area contributed by atoms with Crippen molar-refractivity contribution in [3.05, 3.63) is 28.8 Å². The standard InChI is InChI=1S/C24H33BrN8O4/c1-23(2,3)36-21(34)31-7-8-32(22(35)37-24(4,5)6)13-15(12-31)18-17(25)19(26)33-20(30-18)16(11-29-33)14-9-27-28-10-14/h9-11,15H,7-8,12-13,26H2,1-6H3,(H,27,28). The van der Waals surface area contributed by atoms with Crippen molar-refractivity contribution >= 4 is 39.6 Å². The topological polar surface area (TPSA) is 144 Å². The van der Waals surface area contributed by atoms with Gasteiger partial charge in [-0.25, -0.2) is 14.6 Å². The van der Waals surface area contributed by atoms with Gasteiger partial charge < -0.3 is 25.0 Å². The van der Waals surface area contributed by atoms with E-state index in [4.69, 9.17) is 20.2 Å². The van der Waals surface area contributed by atoms with E-state index in [1.807, 2.05) is 41.5 Å². The summed E-state index contributed by atoms with van der Waals surface area (Å²) in [6, 6.07) is 0. The first-order valence-corrected chi connectivity index (χ1v) is 12.8. The maximum atomic E-state index is 13.1. The highest BCUT2D eigenvalue weighted by molar-refractivity contribution is 9.10. The van der Waals surface area contributed by atoms with Crippen LogP contribution >= 0.6 is 15.9 Å². The summed E-state index contributed by atoms with van der Waals surface area (Å²) in [6.07, 6.45) is 4.18. The van der Waals surface area contributed by atoms with Gasteiger partial charge in [0.05, 0.1) is 22.6 Å². The van der Waals surface area contributed by atoms with Crippen molar-refractivity contribution in [2.45, 2.75) is 58.7 Å². The van der Waals surface area contributed by atoms with Crippen molar-refractivity contribution in [3.63, 3.8) is 0 Å². The Morgan fingerprint density at radius 1 is 1.03 bits per heavy atom. The Balaban J connectivity index is 1.76. The molecule has 3 aromatic rings. The van der Waals surface area contributed by atoms with Crippen LogP contribution in [0.15, 0.2) is 23.1 Å². The number of nitrogens with zero attached hydrogens (tertiary/aromatic N) is 6. The predicted molar refractivity (Wildman–Crippen MR) is 141 cm³/mol. The van der Waals surface area contributed by atoms with E-state index in [1.54, 1.807) is 32.9 Å². The van der Waals surface area contributed by atoms with Crippen LogP contribution in [-0.2, 0) is 9.47 Å². The third-order valence-electron chi connectivity index (χ3n) is 5.67. The Morgan fingerprint density at radius 2 is 1.59 bits per heavy atom. The number of nitrogen functional groups attached to an aromatic ring is 1. The number of carbonyl (C=O) groups excluding carboxylic acids is 2. The maximum Gasteiger partial charge on any atom is 0.410 e. The first kappa shape index (κ1) is 26.7. The van der Waals surface area contributed by atoms with E-state index in [2.05, 4.69) is 31.2 Å². The highest BCUT2D eigenvalue weighted by Gasteiger charge is 2.35. The van der Waals surface area contributed by atoms with Crippen LogP contribution in [0.4, 0.5) is 15.4 Å². The molecule has 1 aliphatic heterocycles. The van der Waals surface area contributed by atoms with Crippen molar-refractivity contribution in [1.29, 1.82) is 0 Å². The number of H-pyrrole nitrogens is 1. The molecule has 1 fully saturated rings. The van der Waals surface area contributed by atoms with E-state index in [9.17, 15) is 9.59 Å². The summed E-state index contributed by atoms with van der Waals surface area (Å²) >= 11 is 3.60. The highest BCUT2D eigenvalue weighted by Crippen LogP contribution is 2.34. The van der Waals surface area contributed by atoms with Gasteiger partial charge in [0, 0.05) is 49.4 Å². The number of hydrogen-bond acceptors (Lipinski definition) is 8. The van der Waals surface area contributed by atoms with Crippen LogP contribution in [0.1, 0.15) is 53.2 Å². The smallest absolute Gasteiger partial charge is 0.410 e. The summed E-state index contributed by atoms with van der Waals surface area (Å²) in [5.74, 6) is -0.0389.